The normalized spacial score (nSPS) is 15.3. The molecule has 0 spiro atoms. The number of rotatable bonds is 6. The largest absolute Gasteiger partial charge is 0.378 e. The highest BCUT2D eigenvalue weighted by atomic mass is 32.1. The fourth-order valence-corrected chi connectivity index (χ4v) is 3.05. The molecule has 1 aliphatic heterocycles. The van der Waals surface area contributed by atoms with Crippen molar-refractivity contribution in [1.29, 1.82) is 0 Å². The predicted molar refractivity (Wildman–Crippen MR) is 87.0 cm³/mol. The fourth-order valence-electron chi connectivity index (χ4n) is 2.46. The van der Waals surface area contributed by atoms with Crippen LogP contribution < -0.4 is 10.2 Å². The highest BCUT2D eigenvalue weighted by Gasteiger charge is 2.10. The van der Waals surface area contributed by atoms with Crippen LogP contribution in [0.15, 0.2) is 35.2 Å². The van der Waals surface area contributed by atoms with E-state index in [-0.39, 0.29) is 0 Å². The van der Waals surface area contributed by atoms with Crippen molar-refractivity contribution in [3.8, 4) is 0 Å². The average Bonchev–Trinajstić information content (AvgIpc) is 3.06. The highest BCUT2D eigenvalue weighted by Crippen LogP contribution is 2.16. The molecular formula is C16H21N3OS. The molecule has 0 aliphatic carbocycles. The summed E-state index contributed by atoms with van der Waals surface area (Å²) in [6.07, 6.45) is 0.995. The number of anilines is 1. The van der Waals surface area contributed by atoms with Crippen molar-refractivity contribution in [1.82, 2.24) is 10.3 Å². The molecule has 1 aromatic heterocycles. The van der Waals surface area contributed by atoms with Crippen molar-refractivity contribution < 1.29 is 4.74 Å². The van der Waals surface area contributed by atoms with Gasteiger partial charge in [0.05, 0.1) is 24.4 Å². The number of ether oxygens (including phenoxy) is 1. The van der Waals surface area contributed by atoms with E-state index in [9.17, 15) is 0 Å². The zero-order valence-corrected chi connectivity index (χ0v) is 12.9. The molecule has 1 fully saturated rings. The van der Waals surface area contributed by atoms with Gasteiger partial charge >= 0.3 is 0 Å². The Morgan fingerprint density at radius 1 is 1.19 bits per heavy atom. The zero-order chi connectivity index (χ0) is 14.3. The maximum Gasteiger partial charge on any atom is 0.0794 e. The Balaban J connectivity index is 1.43. The Bertz CT molecular complexity index is 521. The number of benzene rings is 1. The monoisotopic (exact) mass is 303 g/mol. The van der Waals surface area contributed by atoms with Gasteiger partial charge < -0.3 is 15.0 Å². The van der Waals surface area contributed by atoms with Crippen LogP contribution in [0.25, 0.3) is 0 Å². The Kier molecular flexibility index (Phi) is 5.21. The van der Waals surface area contributed by atoms with E-state index < -0.39 is 0 Å². The first-order chi connectivity index (χ1) is 10.4. The molecule has 0 unspecified atom stereocenters. The quantitative estimate of drug-likeness (QED) is 0.831. The third-order valence-electron chi connectivity index (χ3n) is 3.68. The van der Waals surface area contributed by atoms with Crippen molar-refractivity contribution in [2.75, 3.05) is 37.7 Å². The van der Waals surface area contributed by atoms with Crippen molar-refractivity contribution >= 4 is 17.0 Å². The molecule has 112 valence electrons. The molecule has 4 nitrogen and oxygen atoms in total. The lowest BCUT2D eigenvalue weighted by Crippen LogP contribution is -2.36. The van der Waals surface area contributed by atoms with Crippen LogP contribution in [0.5, 0.6) is 0 Å². The Morgan fingerprint density at radius 3 is 2.71 bits per heavy atom. The van der Waals surface area contributed by atoms with Crippen LogP contribution in [-0.4, -0.2) is 37.8 Å². The van der Waals surface area contributed by atoms with E-state index in [1.165, 1.54) is 16.9 Å². The van der Waals surface area contributed by atoms with Crippen LogP contribution in [0.2, 0.25) is 0 Å². The lowest BCUT2D eigenvalue weighted by Gasteiger charge is -2.28. The van der Waals surface area contributed by atoms with E-state index in [2.05, 4.69) is 44.8 Å². The fraction of sp³-hybridized carbons (Fsp3) is 0.438. The first-order valence-corrected chi connectivity index (χ1v) is 8.35. The van der Waals surface area contributed by atoms with Gasteiger partial charge in [-0.1, -0.05) is 12.1 Å². The van der Waals surface area contributed by atoms with Crippen LogP contribution in [0.3, 0.4) is 0 Å². The second-order valence-electron chi connectivity index (χ2n) is 5.17. The number of nitrogens with one attached hydrogen (secondary N) is 1. The summed E-state index contributed by atoms with van der Waals surface area (Å²) in [5.41, 5.74) is 5.68. The summed E-state index contributed by atoms with van der Waals surface area (Å²) in [4.78, 5) is 6.66. The van der Waals surface area contributed by atoms with Gasteiger partial charge in [0, 0.05) is 43.7 Å². The summed E-state index contributed by atoms with van der Waals surface area (Å²) < 4.78 is 5.38. The molecule has 0 radical (unpaired) electrons. The van der Waals surface area contributed by atoms with E-state index in [1.54, 1.807) is 11.3 Å². The molecule has 1 N–H and O–H groups in total. The number of thiazole rings is 1. The molecule has 2 aromatic rings. The van der Waals surface area contributed by atoms with Gasteiger partial charge in [-0.25, -0.2) is 4.98 Å². The zero-order valence-electron chi connectivity index (χ0n) is 12.1. The molecule has 0 amide bonds. The van der Waals surface area contributed by atoms with Gasteiger partial charge in [-0.3, -0.25) is 0 Å². The number of hydrogen-bond donors (Lipinski definition) is 1. The molecule has 21 heavy (non-hydrogen) atoms. The molecule has 0 saturated carbocycles. The minimum atomic E-state index is 0.833. The smallest absolute Gasteiger partial charge is 0.0794 e. The first kappa shape index (κ1) is 14.5. The lowest BCUT2D eigenvalue weighted by molar-refractivity contribution is 0.122. The molecule has 1 aliphatic rings. The maximum atomic E-state index is 5.38. The standard InChI is InChI=1S/C16H21N3OS/c1-3-16(19-7-9-20-10-8-19)4-2-14(1)11-17-6-5-15-12-21-13-18-15/h1-4,12-13,17H,5-11H2. The Hall–Kier alpha value is -1.43. The van der Waals surface area contributed by atoms with Crippen molar-refractivity contribution in [2.24, 2.45) is 0 Å². The second kappa shape index (κ2) is 7.54. The lowest BCUT2D eigenvalue weighted by atomic mass is 10.2. The number of hydrogen-bond acceptors (Lipinski definition) is 5. The van der Waals surface area contributed by atoms with Gasteiger partial charge in [-0.15, -0.1) is 11.3 Å². The summed E-state index contributed by atoms with van der Waals surface area (Å²) >= 11 is 1.66. The summed E-state index contributed by atoms with van der Waals surface area (Å²) in [5.74, 6) is 0. The first-order valence-electron chi connectivity index (χ1n) is 7.41. The molecule has 1 aromatic carbocycles. The van der Waals surface area contributed by atoms with Gasteiger partial charge in [0.15, 0.2) is 0 Å². The van der Waals surface area contributed by atoms with Crippen molar-refractivity contribution in [3.05, 3.63) is 46.4 Å². The topological polar surface area (TPSA) is 37.4 Å². The van der Waals surface area contributed by atoms with Crippen LogP contribution in [-0.2, 0) is 17.7 Å². The summed E-state index contributed by atoms with van der Waals surface area (Å²) in [6, 6.07) is 8.84. The van der Waals surface area contributed by atoms with Gasteiger partial charge in [-0.05, 0) is 17.7 Å². The molecule has 0 bridgehead atoms. The number of morpholine rings is 1. The van der Waals surface area contributed by atoms with Crippen LogP contribution in [0, 0.1) is 0 Å². The van der Waals surface area contributed by atoms with Gasteiger partial charge in [0.25, 0.3) is 0 Å². The molecule has 3 rings (SSSR count). The molecule has 2 heterocycles. The average molecular weight is 303 g/mol. The van der Waals surface area contributed by atoms with Gasteiger partial charge in [-0.2, -0.15) is 0 Å². The molecule has 0 atom stereocenters. The Morgan fingerprint density at radius 2 is 2.00 bits per heavy atom. The predicted octanol–water partition coefficient (Wildman–Crippen LogP) is 2.31. The second-order valence-corrected chi connectivity index (χ2v) is 5.89. The summed E-state index contributed by atoms with van der Waals surface area (Å²) in [6.45, 7) is 5.53. The van der Waals surface area contributed by atoms with E-state index in [4.69, 9.17) is 4.74 Å². The van der Waals surface area contributed by atoms with E-state index >= 15 is 0 Å². The highest BCUT2D eigenvalue weighted by molar-refractivity contribution is 7.07. The van der Waals surface area contributed by atoms with Crippen molar-refractivity contribution in [3.63, 3.8) is 0 Å². The van der Waals surface area contributed by atoms with E-state index in [0.29, 0.717) is 0 Å². The van der Waals surface area contributed by atoms with E-state index in [1.807, 2.05) is 5.51 Å². The number of nitrogens with zero attached hydrogens (tertiary/aromatic N) is 2. The van der Waals surface area contributed by atoms with Gasteiger partial charge in [0.1, 0.15) is 0 Å². The number of aromatic nitrogens is 1. The van der Waals surface area contributed by atoms with Crippen LogP contribution in [0.4, 0.5) is 5.69 Å². The van der Waals surface area contributed by atoms with Crippen molar-refractivity contribution in [2.45, 2.75) is 13.0 Å². The SMILES string of the molecule is c1nc(CCNCc2ccc(N3CCOCC3)cc2)cs1. The summed E-state index contributed by atoms with van der Waals surface area (Å²) in [7, 11) is 0. The van der Waals surface area contributed by atoms with Gasteiger partial charge in [0.2, 0.25) is 0 Å². The molecule has 1 saturated heterocycles. The maximum absolute atomic E-state index is 5.38. The third kappa shape index (κ3) is 4.27. The van der Waals surface area contributed by atoms with E-state index in [0.717, 1.165) is 45.8 Å². The Labute approximate surface area is 129 Å². The van der Waals surface area contributed by atoms with Crippen LogP contribution in [0.1, 0.15) is 11.3 Å². The van der Waals surface area contributed by atoms with Crippen LogP contribution >= 0.6 is 11.3 Å². The molecular weight excluding hydrogens is 282 g/mol. The summed E-state index contributed by atoms with van der Waals surface area (Å²) in [5, 5.41) is 5.58. The third-order valence-corrected chi connectivity index (χ3v) is 4.32. The minimum absolute atomic E-state index is 0.833. The molecule has 5 heteroatoms. The minimum Gasteiger partial charge on any atom is -0.378 e.